The van der Waals surface area contributed by atoms with Crippen molar-refractivity contribution in [1.82, 2.24) is 0 Å². The zero-order chi connectivity index (χ0) is 23.9. The van der Waals surface area contributed by atoms with Gasteiger partial charge in [0, 0.05) is 17.0 Å². The fourth-order valence-corrected chi connectivity index (χ4v) is 8.16. The molecule has 2 aromatic carbocycles. The molecule has 34 heavy (non-hydrogen) atoms. The van der Waals surface area contributed by atoms with E-state index in [-0.39, 0.29) is 27.8 Å². The minimum atomic E-state index is -0.309. The quantitative estimate of drug-likeness (QED) is 0.451. The van der Waals surface area contributed by atoms with Gasteiger partial charge in [0.25, 0.3) is 0 Å². The molecule has 3 nitrogen and oxygen atoms in total. The summed E-state index contributed by atoms with van der Waals surface area (Å²) in [6, 6.07) is 20.8. The molecule has 2 aromatic rings. The number of urea groups is 1. The Bertz CT molecular complexity index is 1220. The highest BCUT2D eigenvalue weighted by molar-refractivity contribution is 6.09. The third-order valence-corrected chi connectivity index (χ3v) is 8.37. The second kappa shape index (κ2) is 6.87. The van der Waals surface area contributed by atoms with Gasteiger partial charge in [-0.3, -0.25) is 9.80 Å². The van der Waals surface area contributed by atoms with Gasteiger partial charge in [0.15, 0.2) is 0 Å². The van der Waals surface area contributed by atoms with Gasteiger partial charge in [0.05, 0.1) is 11.2 Å². The van der Waals surface area contributed by atoms with Gasteiger partial charge < -0.3 is 0 Å². The van der Waals surface area contributed by atoms with Crippen molar-refractivity contribution in [3.05, 3.63) is 83.6 Å². The number of anilines is 2. The summed E-state index contributed by atoms with van der Waals surface area (Å²) in [5, 5.41) is 0. The van der Waals surface area contributed by atoms with Crippen LogP contribution in [0.4, 0.5) is 16.2 Å². The van der Waals surface area contributed by atoms with Gasteiger partial charge in [-0.25, -0.2) is 4.79 Å². The van der Waals surface area contributed by atoms with Crippen molar-refractivity contribution in [2.24, 2.45) is 16.2 Å². The lowest BCUT2D eigenvalue weighted by atomic mass is 9.49. The molecule has 1 spiro atoms. The van der Waals surface area contributed by atoms with Crippen molar-refractivity contribution < 1.29 is 4.79 Å². The van der Waals surface area contributed by atoms with Gasteiger partial charge in [0.2, 0.25) is 0 Å². The maximum atomic E-state index is 14.7. The number of carbonyl (C=O) groups is 1. The van der Waals surface area contributed by atoms with E-state index in [2.05, 4.69) is 82.0 Å². The molecule has 2 bridgehead atoms. The van der Waals surface area contributed by atoms with E-state index in [9.17, 15) is 4.79 Å². The molecule has 1 aliphatic heterocycles. The zero-order valence-corrected chi connectivity index (χ0v) is 21.2. The topological polar surface area (TPSA) is 23.6 Å². The van der Waals surface area contributed by atoms with Crippen molar-refractivity contribution in [1.29, 1.82) is 0 Å². The normalized spacial score (nSPS) is 31.2. The highest BCUT2D eigenvalue weighted by Gasteiger charge is 2.62. The van der Waals surface area contributed by atoms with Gasteiger partial charge >= 0.3 is 6.03 Å². The van der Waals surface area contributed by atoms with E-state index in [0.29, 0.717) is 0 Å². The number of hydrogen-bond acceptors (Lipinski definition) is 1. The van der Waals surface area contributed by atoms with E-state index in [1.807, 2.05) is 29.2 Å². The van der Waals surface area contributed by atoms with E-state index in [0.717, 1.165) is 43.5 Å². The molecule has 2 amide bonds. The summed E-state index contributed by atoms with van der Waals surface area (Å²) >= 11 is 0. The number of fused-ring (bicyclic) bond motifs is 1. The summed E-state index contributed by atoms with van der Waals surface area (Å²) in [7, 11) is 0. The molecule has 3 aliphatic carbocycles. The van der Waals surface area contributed by atoms with Crippen LogP contribution in [-0.2, 0) is 0 Å². The Labute approximate surface area is 204 Å². The van der Waals surface area contributed by atoms with Crippen molar-refractivity contribution in [2.45, 2.75) is 72.3 Å². The molecule has 3 heteroatoms. The Balaban J connectivity index is 1.70. The third kappa shape index (κ3) is 3.12. The van der Waals surface area contributed by atoms with Crippen LogP contribution in [0.5, 0.6) is 0 Å². The lowest BCUT2D eigenvalue weighted by molar-refractivity contribution is 0.0692. The molecule has 0 aromatic heterocycles. The maximum Gasteiger partial charge on any atom is 0.334 e. The standard InChI is InChI=1S/C31H36N2O/c1-28(2)16-22-17-30(5)19-29(3,4)20-31(21-30)26(22)25(18-28)32(23-12-8-6-9-13-23)27(34)33(31)24-14-10-7-11-15-24/h6-15,17H,16,18-21H2,1-5H3/t30-,31-/m1/s1. The first-order valence-corrected chi connectivity index (χ1v) is 12.7. The minimum absolute atomic E-state index is 0.0847. The van der Waals surface area contributed by atoms with Crippen LogP contribution >= 0.6 is 0 Å². The van der Waals surface area contributed by atoms with Crippen molar-refractivity contribution >= 4 is 17.4 Å². The molecule has 1 saturated carbocycles. The SMILES string of the molecule is CC1(C)CC2=C[C@]3(C)CC(C)(C)C[C@@]4(C3)C2=C(C1)N(c1ccccc1)C(=O)N4c1ccccc1. The lowest BCUT2D eigenvalue weighted by Crippen LogP contribution is -2.68. The maximum absolute atomic E-state index is 14.7. The summed E-state index contributed by atoms with van der Waals surface area (Å²) in [6.07, 6.45) is 7.74. The monoisotopic (exact) mass is 452 g/mol. The largest absolute Gasteiger partial charge is 0.334 e. The smallest absolute Gasteiger partial charge is 0.283 e. The Morgan fingerprint density at radius 1 is 0.706 bits per heavy atom. The lowest BCUT2D eigenvalue weighted by Gasteiger charge is -2.64. The highest BCUT2D eigenvalue weighted by Crippen LogP contribution is 2.65. The van der Waals surface area contributed by atoms with Gasteiger partial charge in [-0.1, -0.05) is 77.1 Å². The van der Waals surface area contributed by atoms with Crippen LogP contribution in [0.1, 0.15) is 66.7 Å². The van der Waals surface area contributed by atoms with E-state index in [4.69, 9.17) is 0 Å². The van der Waals surface area contributed by atoms with Crippen LogP contribution in [0.2, 0.25) is 0 Å². The summed E-state index contributed by atoms with van der Waals surface area (Å²) in [4.78, 5) is 18.9. The summed E-state index contributed by atoms with van der Waals surface area (Å²) < 4.78 is 0. The molecule has 0 unspecified atom stereocenters. The first kappa shape index (κ1) is 21.7. The van der Waals surface area contributed by atoms with E-state index in [1.54, 1.807) is 0 Å². The third-order valence-electron chi connectivity index (χ3n) is 8.37. The fraction of sp³-hybridized carbons (Fsp3) is 0.452. The average Bonchev–Trinajstić information content (AvgIpc) is 2.71. The molecule has 1 heterocycles. The average molecular weight is 453 g/mol. The molecular formula is C31H36N2O. The van der Waals surface area contributed by atoms with E-state index < -0.39 is 0 Å². The summed E-state index contributed by atoms with van der Waals surface area (Å²) in [5.41, 5.74) is 6.14. The zero-order valence-electron chi connectivity index (χ0n) is 21.2. The molecule has 0 N–H and O–H groups in total. The van der Waals surface area contributed by atoms with Crippen LogP contribution in [0, 0.1) is 16.2 Å². The van der Waals surface area contributed by atoms with Crippen LogP contribution in [0.25, 0.3) is 0 Å². The first-order valence-electron chi connectivity index (χ1n) is 12.7. The molecule has 0 radical (unpaired) electrons. The van der Waals surface area contributed by atoms with E-state index >= 15 is 0 Å². The molecule has 1 fully saturated rings. The number of carbonyl (C=O) groups excluding carboxylic acids is 1. The number of para-hydroxylation sites is 2. The Morgan fingerprint density at radius 2 is 1.32 bits per heavy atom. The molecule has 0 saturated heterocycles. The highest BCUT2D eigenvalue weighted by atomic mass is 16.2. The number of nitrogens with zero attached hydrogens (tertiary/aromatic N) is 2. The van der Waals surface area contributed by atoms with Gasteiger partial charge in [-0.15, -0.1) is 0 Å². The number of amides is 2. The number of rotatable bonds is 2. The number of allylic oxidation sites excluding steroid dienone is 2. The Morgan fingerprint density at radius 3 is 1.97 bits per heavy atom. The second-order valence-electron chi connectivity index (χ2n) is 13.0. The van der Waals surface area contributed by atoms with Crippen LogP contribution in [0.15, 0.2) is 83.6 Å². The summed E-state index contributed by atoms with van der Waals surface area (Å²) in [6.45, 7) is 11.9. The summed E-state index contributed by atoms with van der Waals surface area (Å²) in [5.74, 6) is 0. The van der Waals surface area contributed by atoms with Crippen molar-refractivity contribution in [2.75, 3.05) is 9.80 Å². The Kier molecular flexibility index (Phi) is 4.39. The van der Waals surface area contributed by atoms with Gasteiger partial charge in [0.1, 0.15) is 0 Å². The van der Waals surface area contributed by atoms with E-state index in [1.165, 1.54) is 16.8 Å². The number of benzene rings is 2. The first-order chi connectivity index (χ1) is 16.0. The molecule has 6 rings (SSSR count). The minimum Gasteiger partial charge on any atom is -0.283 e. The van der Waals surface area contributed by atoms with Crippen LogP contribution < -0.4 is 9.80 Å². The van der Waals surface area contributed by atoms with Crippen molar-refractivity contribution in [3.63, 3.8) is 0 Å². The molecule has 2 atom stereocenters. The fourth-order valence-electron chi connectivity index (χ4n) is 8.16. The molecule has 176 valence electrons. The van der Waals surface area contributed by atoms with Gasteiger partial charge in [-0.05, 0) is 78.2 Å². The van der Waals surface area contributed by atoms with Crippen molar-refractivity contribution in [3.8, 4) is 0 Å². The predicted molar refractivity (Wildman–Crippen MR) is 140 cm³/mol. The van der Waals surface area contributed by atoms with Crippen LogP contribution in [-0.4, -0.2) is 11.6 Å². The van der Waals surface area contributed by atoms with Crippen LogP contribution in [0.3, 0.4) is 0 Å². The predicted octanol–water partition coefficient (Wildman–Crippen LogP) is 8.10. The second-order valence-corrected chi connectivity index (χ2v) is 13.0. The Hall–Kier alpha value is -2.81. The van der Waals surface area contributed by atoms with Gasteiger partial charge in [-0.2, -0.15) is 0 Å². The number of hydrogen-bond donors (Lipinski definition) is 0. The molecular weight excluding hydrogens is 416 g/mol. The molecule has 4 aliphatic rings.